The maximum absolute atomic E-state index is 12.4. The number of methoxy groups -OCH3 is 1. The summed E-state index contributed by atoms with van der Waals surface area (Å²) < 4.78 is 36.0. The van der Waals surface area contributed by atoms with Crippen molar-refractivity contribution in [2.24, 2.45) is 0 Å². The highest BCUT2D eigenvalue weighted by Crippen LogP contribution is 2.36. The number of rotatable bonds is 4. The molecule has 2 aromatic carbocycles. The van der Waals surface area contributed by atoms with Crippen LogP contribution in [0.2, 0.25) is 0 Å². The topological polar surface area (TPSA) is 91.5 Å². The zero-order valence-corrected chi connectivity index (χ0v) is 14.1. The Morgan fingerprint density at radius 2 is 1.83 bits per heavy atom. The van der Waals surface area contributed by atoms with Gasteiger partial charge in [-0.1, -0.05) is 29.0 Å². The number of nitrogen functional groups attached to an aromatic ring is 1. The summed E-state index contributed by atoms with van der Waals surface area (Å²) >= 11 is 1.29. The van der Waals surface area contributed by atoms with Gasteiger partial charge in [-0.15, -0.1) is 0 Å². The number of nitrogens with zero attached hydrogens (tertiary/aromatic N) is 1. The first-order valence-corrected chi connectivity index (χ1v) is 8.87. The summed E-state index contributed by atoms with van der Waals surface area (Å²) in [4.78, 5) is 4.20. The molecule has 0 bridgehead atoms. The van der Waals surface area contributed by atoms with Gasteiger partial charge in [-0.3, -0.25) is 0 Å². The van der Waals surface area contributed by atoms with Gasteiger partial charge in [-0.05, 0) is 19.1 Å². The number of hydrogen-bond donors (Lipinski definition) is 1. The zero-order chi connectivity index (χ0) is 16.6. The van der Waals surface area contributed by atoms with Crippen molar-refractivity contribution >= 4 is 36.8 Å². The van der Waals surface area contributed by atoms with Crippen LogP contribution in [0.15, 0.2) is 41.3 Å². The van der Waals surface area contributed by atoms with Crippen LogP contribution in [0.25, 0.3) is 10.2 Å². The maximum Gasteiger partial charge on any atom is 0.339 e. The third kappa shape index (κ3) is 3.08. The van der Waals surface area contributed by atoms with Gasteiger partial charge in [0.2, 0.25) is 0 Å². The molecule has 0 unspecified atom stereocenters. The van der Waals surface area contributed by atoms with Gasteiger partial charge in [0.15, 0.2) is 16.6 Å². The summed E-state index contributed by atoms with van der Waals surface area (Å²) in [6.07, 6.45) is 0. The Bertz CT molecular complexity index is 963. The quantitative estimate of drug-likeness (QED) is 0.727. The first-order valence-electron chi connectivity index (χ1n) is 6.64. The molecule has 0 saturated carbocycles. The normalized spacial score (nSPS) is 11.6. The lowest BCUT2D eigenvalue weighted by atomic mass is 10.2. The Hall–Kier alpha value is -2.32. The van der Waals surface area contributed by atoms with Crippen LogP contribution >= 0.6 is 11.3 Å². The minimum Gasteiger partial charge on any atom is -0.493 e. The van der Waals surface area contributed by atoms with Gasteiger partial charge in [0.05, 0.1) is 17.3 Å². The van der Waals surface area contributed by atoms with Crippen LogP contribution in [0.1, 0.15) is 5.56 Å². The summed E-state index contributed by atoms with van der Waals surface area (Å²) in [5.74, 6) is 0.378. The van der Waals surface area contributed by atoms with Crippen molar-refractivity contribution in [3.8, 4) is 11.5 Å². The number of aromatic nitrogens is 1. The lowest BCUT2D eigenvalue weighted by Gasteiger charge is -2.11. The molecule has 0 radical (unpaired) electrons. The van der Waals surface area contributed by atoms with E-state index in [0.717, 1.165) is 10.3 Å². The summed E-state index contributed by atoms with van der Waals surface area (Å²) in [6, 6.07) is 9.57. The number of hydrogen-bond acceptors (Lipinski definition) is 7. The minimum atomic E-state index is -3.96. The number of benzene rings is 2. The third-order valence-corrected chi connectivity index (χ3v) is 5.30. The molecular weight excluding hydrogens is 336 g/mol. The predicted octanol–water partition coefficient (Wildman–Crippen LogP) is 2.96. The lowest BCUT2D eigenvalue weighted by molar-refractivity contribution is 0.391. The van der Waals surface area contributed by atoms with Gasteiger partial charge < -0.3 is 14.7 Å². The van der Waals surface area contributed by atoms with Crippen LogP contribution in [0, 0.1) is 6.92 Å². The van der Waals surface area contributed by atoms with E-state index in [1.54, 1.807) is 18.2 Å². The van der Waals surface area contributed by atoms with Crippen molar-refractivity contribution in [2.75, 3.05) is 12.8 Å². The smallest absolute Gasteiger partial charge is 0.339 e. The lowest BCUT2D eigenvalue weighted by Crippen LogP contribution is -2.10. The molecule has 8 heteroatoms. The van der Waals surface area contributed by atoms with Gasteiger partial charge in [-0.2, -0.15) is 8.42 Å². The number of ether oxygens (including phenoxy) is 1. The fourth-order valence-corrected chi connectivity index (χ4v) is 3.73. The van der Waals surface area contributed by atoms with Crippen molar-refractivity contribution in [3.05, 3.63) is 42.0 Å². The molecule has 0 aliphatic carbocycles. The molecule has 1 heterocycles. The van der Waals surface area contributed by atoms with Crippen LogP contribution in [0.3, 0.4) is 0 Å². The fraction of sp³-hybridized carbons (Fsp3) is 0.133. The highest BCUT2D eigenvalue weighted by Gasteiger charge is 2.20. The van der Waals surface area contributed by atoms with Gasteiger partial charge in [-0.25, -0.2) is 4.98 Å². The SMILES string of the molecule is COc1cc2sc(N)nc2cc1OS(=O)(=O)c1ccc(C)cc1. The number of anilines is 1. The van der Waals surface area contributed by atoms with Crippen LogP contribution in [0.5, 0.6) is 11.5 Å². The molecule has 0 saturated heterocycles. The molecule has 0 amide bonds. The Balaban J connectivity index is 2.04. The summed E-state index contributed by atoms with van der Waals surface area (Å²) in [5, 5.41) is 0.389. The monoisotopic (exact) mass is 350 g/mol. The van der Waals surface area contributed by atoms with Crippen LogP contribution < -0.4 is 14.7 Å². The van der Waals surface area contributed by atoms with Crippen molar-refractivity contribution in [1.82, 2.24) is 4.98 Å². The molecule has 120 valence electrons. The summed E-state index contributed by atoms with van der Waals surface area (Å²) in [7, 11) is -2.52. The van der Waals surface area contributed by atoms with Crippen LogP contribution in [-0.4, -0.2) is 20.5 Å². The largest absolute Gasteiger partial charge is 0.493 e. The predicted molar refractivity (Wildman–Crippen MR) is 89.6 cm³/mol. The van der Waals surface area contributed by atoms with Gasteiger partial charge in [0.25, 0.3) is 0 Å². The van der Waals surface area contributed by atoms with Gasteiger partial charge in [0, 0.05) is 12.1 Å². The fourth-order valence-electron chi connectivity index (χ4n) is 2.05. The molecule has 0 fully saturated rings. The highest BCUT2D eigenvalue weighted by molar-refractivity contribution is 7.87. The molecule has 3 rings (SSSR count). The summed E-state index contributed by atoms with van der Waals surface area (Å²) in [5.41, 5.74) is 7.19. The molecule has 0 spiro atoms. The van der Waals surface area contributed by atoms with Crippen molar-refractivity contribution in [3.63, 3.8) is 0 Å². The van der Waals surface area contributed by atoms with E-state index in [9.17, 15) is 8.42 Å². The Morgan fingerprint density at radius 3 is 2.48 bits per heavy atom. The first-order chi connectivity index (χ1) is 10.9. The van der Waals surface area contributed by atoms with E-state index in [-0.39, 0.29) is 10.6 Å². The van der Waals surface area contributed by atoms with E-state index in [4.69, 9.17) is 14.7 Å². The van der Waals surface area contributed by atoms with E-state index in [1.807, 2.05) is 6.92 Å². The van der Waals surface area contributed by atoms with E-state index in [1.165, 1.54) is 36.6 Å². The van der Waals surface area contributed by atoms with Crippen molar-refractivity contribution in [1.29, 1.82) is 0 Å². The second kappa shape index (κ2) is 5.71. The molecule has 0 aliphatic rings. The number of nitrogens with two attached hydrogens (primary N) is 1. The summed E-state index contributed by atoms with van der Waals surface area (Å²) in [6.45, 7) is 1.88. The van der Waals surface area contributed by atoms with E-state index >= 15 is 0 Å². The first kappa shape index (κ1) is 15.6. The minimum absolute atomic E-state index is 0.0723. The van der Waals surface area contributed by atoms with E-state index in [2.05, 4.69) is 4.98 Å². The van der Waals surface area contributed by atoms with Crippen LogP contribution in [0.4, 0.5) is 5.13 Å². The Kier molecular flexibility index (Phi) is 3.87. The Labute approximate surface area is 137 Å². The molecule has 6 nitrogen and oxygen atoms in total. The average Bonchev–Trinajstić information content (AvgIpc) is 2.85. The maximum atomic E-state index is 12.4. The average molecular weight is 350 g/mol. The zero-order valence-electron chi connectivity index (χ0n) is 12.4. The third-order valence-electron chi connectivity index (χ3n) is 3.20. The van der Waals surface area contributed by atoms with E-state index < -0.39 is 10.1 Å². The number of thiazole rings is 1. The second-order valence-corrected chi connectivity index (χ2v) is 7.48. The standard InChI is InChI=1S/C15H14N2O4S2/c1-9-3-5-10(6-4-9)23(18,19)21-13-7-11-14(8-12(13)20-2)22-15(16)17-11/h3-8H,1-2H3,(H2,16,17). The van der Waals surface area contributed by atoms with Gasteiger partial charge in [0.1, 0.15) is 4.90 Å². The molecule has 0 aliphatic heterocycles. The van der Waals surface area contributed by atoms with Gasteiger partial charge >= 0.3 is 10.1 Å². The van der Waals surface area contributed by atoms with E-state index in [0.29, 0.717) is 16.4 Å². The highest BCUT2D eigenvalue weighted by atomic mass is 32.2. The second-order valence-electron chi connectivity index (χ2n) is 4.87. The van der Waals surface area contributed by atoms with Crippen molar-refractivity contribution < 1.29 is 17.3 Å². The number of fused-ring (bicyclic) bond motifs is 1. The van der Waals surface area contributed by atoms with Crippen LogP contribution in [-0.2, 0) is 10.1 Å². The molecule has 1 aromatic heterocycles. The molecule has 0 atom stereocenters. The molecule has 23 heavy (non-hydrogen) atoms. The Morgan fingerprint density at radius 1 is 1.13 bits per heavy atom. The molecule has 3 aromatic rings. The van der Waals surface area contributed by atoms with Crippen molar-refractivity contribution in [2.45, 2.75) is 11.8 Å². The molecule has 2 N–H and O–H groups in total. The molecular formula is C15H14N2O4S2. The number of aryl methyl sites for hydroxylation is 1.